The Balaban J connectivity index is 1.99. The molecule has 116 valence electrons. The summed E-state index contributed by atoms with van der Waals surface area (Å²) in [5.41, 5.74) is 8.19. The van der Waals surface area contributed by atoms with Gasteiger partial charge in [0.25, 0.3) is 0 Å². The molecule has 5 nitrogen and oxygen atoms in total. The Hall–Kier alpha value is -1.43. The van der Waals surface area contributed by atoms with Gasteiger partial charge in [-0.1, -0.05) is 0 Å². The summed E-state index contributed by atoms with van der Waals surface area (Å²) < 4.78 is 12.8. The third-order valence-electron chi connectivity index (χ3n) is 3.37. The van der Waals surface area contributed by atoms with Crippen molar-refractivity contribution in [2.45, 2.75) is 32.4 Å². The molecule has 1 unspecified atom stereocenters. The molecule has 2 rings (SSSR count). The first kappa shape index (κ1) is 15.9. The van der Waals surface area contributed by atoms with E-state index in [0.717, 1.165) is 38.2 Å². The minimum absolute atomic E-state index is 0.148. The summed E-state index contributed by atoms with van der Waals surface area (Å²) in [4.78, 5) is 4.48. The normalized spacial score (nSPS) is 12.9. The first-order valence-corrected chi connectivity index (χ1v) is 7.47. The van der Waals surface area contributed by atoms with E-state index >= 15 is 0 Å². The minimum atomic E-state index is 0.148. The predicted molar refractivity (Wildman–Crippen MR) is 84.4 cm³/mol. The van der Waals surface area contributed by atoms with Gasteiger partial charge in [0.1, 0.15) is 5.65 Å². The molecule has 2 aromatic heterocycles. The highest BCUT2D eigenvalue weighted by Crippen LogP contribution is 2.20. The van der Waals surface area contributed by atoms with Crippen LogP contribution in [0.5, 0.6) is 0 Å². The van der Waals surface area contributed by atoms with Gasteiger partial charge in [-0.15, -0.1) is 0 Å². The van der Waals surface area contributed by atoms with E-state index in [9.17, 15) is 0 Å². The molecule has 0 saturated carbocycles. The molecule has 0 amide bonds. The molecule has 2 aromatic rings. The zero-order valence-corrected chi connectivity index (χ0v) is 12.9. The fraction of sp³-hybridized carbons (Fsp3) is 0.562. The number of aromatic nitrogens is 2. The van der Waals surface area contributed by atoms with Gasteiger partial charge in [-0.05, 0) is 37.5 Å². The molecule has 2 N–H and O–H groups in total. The summed E-state index contributed by atoms with van der Waals surface area (Å²) in [7, 11) is 1.71. The topological polar surface area (TPSA) is 62.3 Å². The van der Waals surface area contributed by atoms with Crippen molar-refractivity contribution in [1.29, 1.82) is 0 Å². The molecule has 0 aliphatic carbocycles. The van der Waals surface area contributed by atoms with E-state index in [0.29, 0.717) is 6.61 Å². The zero-order chi connectivity index (χ0) is 15.1. The summed E-state index contributed by atoms with van der Waals surface area (Å²) in [6, 6.07) is 4.23. The van der Waals surface area contributed by atoms with E-state index in [4.69, 9.17) is 15.2 Å². The van der Waals surface area contributed by atoms with Crippen molar-refractivity contribution >= 4 is 11.0 Å². The maximum Gasteiger partial charge on any atom is 0.140 e. The summed E-state index contributed by atoms with van der Waals surface area (Å²) >= 11 is 0. The molecule has 0 bridgehead atoms. The molecule has 0 radical (unpaired) electrons. The number of ether oxygens (including phenoxy) is 2. The van der Waals surface area contributed by atoms with Gasteiger partial charge in [0, 0.05) is 50.7 Å². The van der Waals surface area contributed by atoms with Gasteiger partial charge in [-0.3, -0.25) is 0 Å². The molecule has 21 heavy (non-hydrogen) atoms. The Morgan fingerprint density at radius 3 is 2.95 bits per heavy atom. The average molecular weight is 291 g/mol. The lowest BCUT2D eigenvalue weighted by molar-refractivity contribution is 0.0981. The van der Waals surface area contributed by atoms with Crippen LogP contribution in [0.2, 0.25) is 0 Å². The molecule has 0 spiro atoms. The van der Waals surface area contributed by atoms with Crippen LogP contribution in [0.3, 0.4) is 0 Å². The maximum atomic E-state index is 5.93. The van der Waals surface area contributed by atoms with Gasteiger partial charge in [-0.2, -0.15) is 0 Å². The van der Waals surface area contributed by atoms with Crippen LogP contribution in [0.15, 0.2) is 24.5 Å². The largest absolute Gasteiger partial charge is 0.385 e. The predicted octanol–water partition coefficient (Wildman–Crippen LogP) is 1.98. The maximum absolute atomic E-state index is 5.93. The molecule has 0 saturated heterocycles. The fourth-order valence-electron chi connectivity index (χ4n) is 2.45. The minimum Gasteiger partial charge on any atom is -0.385 e. The third-order valence-corrected chi connectivity index (χ3v) is 3.37. The fourth-order valence-corrected chi connectivity index (χ4v) is 2.45. The van der Waals surface area contributed by atoms with Crippen LogP contribution in [-0.2, 0) is 22.4 Å². The Labute approximate surface area is 126 Å². The van der Waals surface area contributed by atoms with Crippen LogP contribution >= 0.6 is 0 Å². The van der Waals surface area contributed by atoms with Gasteiger partial charge >= 0.3 is 0 Å². The number of nitrogens with zero attached hydrogens (tertiary/aromatic N) is 2. The molecular formula is C16H25N3O2. The second kappa shape index (κ2) is 8.12. The van der Waals surface area contributed by atoms with Crippen LogP contribution in [-0.4, -0.2) is 42.5 Å². The van der Waals surface area contributed by atoms with Gasteiger partial charge in [0.15, 0.2) is 0 Å². The van der Waals surface area contributed by atoms with Crippen molar-refractivity contribution in [3.8, 4) is 0 Å². The number of hydrogen-bond donors (Lipinski definition) is 1. The molecule has 2 heterocycles. The molecule has 0 aliphatic heterocycles. The number of rotatable bonds is 9. The summed E-state index contributed by atoms with van der Waals surface area (Å²) in [6.45, 7) is 4.99. The van der Waals surface area contributed by atoms with Gasteiger partial charge in [0.05, 0.1) is 6.61 Å². The van der Waals surface area contributed by atoms with Crippen molar-refractivity contribution in [2.75, 3.05) is 26.9 Å². The Kier molecular flexibility index (Phi) is 6.17. The standard InChI is InChI=1S/C16H25N3O2/c1-13(17)11-14-12-19(7-10-21-9-4-8-20-2)16-15(14)5-3-6-18-16/h3,5-6,12-13H,4,7-11,17H2,1-2H3. The van der Waals surface area contributed by atoms with Crippen LogP contribution in [0.4, 0.5) is 0 Å². The van der Waals surface area contributed by atoms with Crippen molar-refractivity contribution < 1.29 is 9.47 Å². The van der Waals surface area contributed by atoms with Gasteiger partial charge < -0.3 is 19.8 Å². The highest BCUT2D eigenvalue weighted by atomic mass is 16.5. The first-order valence-electron chi connectivity index (χ1n) is 7.47. The molecule has 0 fully saturated rings. The van der Waals surface area contributed by atoms with Crippen LogP contribution in [0.25, 0.3) is 11.0 Å². The molecule has 1 atom stereocenters. The van der Waals surface area contributed by atoms with Crippen LogP contribution in [0, 0.1) is 0 Å². The van der Waals surface area contributed by atoms with Crippen LogP contribution < -0.4 is 5.73 Å². The van der Waals surface area contributed by atoms with Crippen molar-refractivity contribution in [3.05, 3.63) is 30.1 Å². The second-order valence-corrected chi connectivity index (χ2v) is 5.36. The van der Waals surface area contributed by atoms with Crippen molar-refractivity contribution in [3.63, 3.8) is 0 Å². The van der Waals surface area contributed by atoms with E-state index in [1.165, 1.54) is 10.9 Å². The van der Waals surface area contributed by atoms with E-state index in [1.807, 2.05) is 19.2 Å². The third kappa shape index (κ3) is 4.52. The highest BCUT2D eigenvalue weighted by Gasteiger charge is 2.10. The number of hydrogen-bond acceptors (Lipinski definition) is 4. The highest BCUT2D eigenvalue weighted by molar-refractivity contribution is 5.80. The Morgan fingerprint density at radius 2 is 2.19 bits per heavy atom. The van der Waals surface area contributed by atoms with E-state index < -0.39 is 0 Å². The number of methoxy groups -OCH3 is 1. The quantitative estimate of drug-likeness (QED) is 0.718. The lowest BCUT2D eigenvalue weighted by Crippen LogP contribution is -2.17. The monoisotopic (exact) mass is 291 g/mol. The van der Waals surface area contributed by atoms with E-state index in [1.54, 1.807) is 7.11 Å². The Morgan fingerprint density at radius 1 is 1.33 bits per heavy atom. The SMILES string of the molecule is COCCCOCCn1cc(CC(C)N)c2cccnc21. The first-order chi connectivity index (χ1) is 10.2. The van der Waals surface area contributed by atoms with E-state index in [2.05, 4.69) is 21.8 Å². The van der Waals surface area contributed by atoms with Crippen molar-refractivity contribution in [2.24, 2.45) is 5.73 Å². The van der Waals surface area contributed by atoms with Crippen molar-refractivity contribution in [1.82, 2.24) is 9.55 Å². The summed E-state index contributed by atoms with van der Waals surface area (Å²) in [5, 5.41) is 1.19. The zero-order valence-electron chi connectivity index (χ0n) is 12.9. The molecule has 5 heteroatoms. The number of fused-ring (bicyclic) bond motifs is 1. The number of pyridine rings is 1. The smallest absolute Gasteiger partial charge is 0.140 e. The lowest BCUT2D eigenvalue weighted by atomic mass is 10.1. The summed E-state index contributed by atoms with van der Waals surface area (Å²) in [5.74, 6) is 0. The molecular weight excluding hydrogens is 266 g/mol. The van der Waals surface area contributed by atoms with Gasteiger partial charge in [0.2, 0.25) is 0 Å². The second-order valence-electron chi connectivity index (χ2n) is 5.36. The van der Waals surface area contributed by atoms with E-state index in [-0.39, 0.29) is 6.04 Å². The lowest BCUT2D eigenvalue weighted by Gasteiger charge is -2.06. The summed E-state index contributed by atoms with van der Waals surface area (Å²) in [6.07, 6.45) is 5.77. The molecule has 0 aliphatic rings. The number of nitrogens with two attached hydrogens (primary N) is 1. The molecule has 0 aromatic carbocycles. The van der Waals surface area contributed by atoms with Gasteiger partial charge in [-0.25, -0.2) is 4.98 Å². The Bertz CT molecular complexity index is 551. The van der Waals surface area contributed by atoms with Crippen LogP contribution in [0.1, 0.15) is 18.9 Å². The average Bonchev–Trinajstić information content (AvgIpc) is 2.81.